The summed E-state index contributed by atoms with van der Waals surface area (Å²) in [4.78, 5) is 29.4. The summed E-state index contributed by atoms with van der Waals surface area (Å²) in [6, 6.07) is 8.56. The average molecular weight is 406 g/mol. The van der Waals surface area contributed by atoms with E-state index in [1.54, 1.807) is 29.2 Å². The molecule has 2 heterocycles. The Kier molecular flexibility index (Phi) is 6.11. The third-order valence-corrected chi connectivity index (χ3v) is 4.61. The van der Waals surface area contributed by atoms with Crippen LogP contribution in [-0.2, 0) is 9.53 Å². The van der Waals surface area contributed by atoms with Gasteiger partial charge in [0.25, 0.3) is 5.91 Å². The molecule has 1 aliphatic rings. The van der Waals surface area contributed by atoms with Crippen LogP contribution in [-0.4, -0.2) is 41.5 Å². The Morgan fingerprint density at radius 2 is 2.07 bits per heavy atom. The first-order valence-electron chi connectivity index (χ1n) is 8.21. The highest BCUT2D eigenvalue weighted by Gasteiger charge is 2.28. The first kappa shape index (κ1) is 19.4. The van der Waals surface area contributed by atoms with Gasteiger partial charge in [-0.2, -0.15) is 0 Å². The third kappa shape index (κ3) is 4.47. The molecule has 1 atom stereocenters. The molecule has 2 amide bonds. The van der Waals surface area contributed by atoms with Gasteiger partial charge in [0.05, 0.1) is 19.3 Å². The molecule has 2 aromatic rings. The topological polar surface area (TPSA) is 85.5 Å². The molecule has 1 fully saturated rings. The van der Waals surface area contributed by atoms with E-state index in [-0.39, 0.29) is 17.6 Å². The summed E-state index contributed by atoms with van der Waals surface area (Å²) >= 11 is 11.9. The number of ether oxygens (including phenoxy) is 1. The van der Waals surface area contributed by atoms with Crippen molar-refractivity contribution >= 4 is 35.0 Å². The second-order valence-electron chi connectivity index (χ2n) is 5.98. The minimum atomic E-state index is -0.607. The fraction of sp³-hybridized carbons (Fsp3) is 0.211. The van der Waals surface area contributed by atoms with Crippen molar-refractivity contribution in [2.45, 2.75) is 6.04 Å². The van der Waals surface area contributed by atoms with Crippen LogP contribution >= 0.6 is 23.2 Å². The SMILES string of the molecule is NC(=O)c1cc(-c2cc(Cl)cc([C@@H]3COCCN3C(=O)/C=C\Cl)c2)ccn1. The fourth-order valence-corrected chi connectivity index (χ4v) is 3.36. The highest BCUT2D eigenvalue weighted by atomic mass is 35.5. The molecule has 0 bridgehead atoms. The van der Waals surface area contributed by atoms with Crippen LogP contribution in [0.1, 0.15) is 22.1 Å². The van der Waals surface area contributed by atoms with E-state index in [1.807, 2.05) is 6.07 Å². The minimum Gasteiger partial charge on any atom is -0.377 e. The molecule has 0 saturated carbocycles. The zero-order valence-corrected chi connectivity index (χ0v) is 15.8. The van der Waals surface area contributed by atoms with Crippen LogP contribution in [0.25, 0.3) is 11.1 Å². The zero-order valence-electron chi connectivity index (χ0n) is 14.3. The van der Waals surface area contributed by atoms with Gasteiger partial charge in [0.15, 0.2) is 0 Å². The average Bonchev–Trinajstić information content (AvgIpc) is 2.68. The number of amides is 2. The predicted octanol–water partition coefficient (Wildman–Crippen LogP) is 3.15. The molecule has 1 aromatic heterocycles. The zero-order chi connectivity index (χ0) is 19.4. The second kappa shape index (κ2) is 8.52. The maximum atomic E-state index is 12.3. The van der Waals surface area contributed by atoms with Crippen molar-refractivity contribution in [2.24, 2.45) is 5.73 Å². The van der Waals surface area contributed by atoms with Gasteiger partial charge in [-0.3, -0.25) is 14.6 Å². The lowest BCUT2D eigenvalue weighted by atomic mass is 9.98. The van der Waals surface area contributed by atoms with Crippen molar-refractivity contribution in [3.05, 3.63) is 64.4 Å². The van der Waals surface area contributed by atoms with Gasteiger partial charge in [0, 0.05) is 29.4 Å². The van der Waals surface area contributed by atoms with Gasteiger partial charge in [-0.15, -0.1) is 0 Å². The number of primary amides is 1. The van der Waals surface area contributed by atoms with Crippen LogP contribution in [0.5, 0.6) is 0 Å². The lowest BCUT2D eigenvalue weighted by Crippen LogP contribution is -2.42. The molecule has 6 nitrogen and oxygen atoms in total. The molecule has 0 spiro atoms. The van der Waals surface area contributed by atoms with Crippen LogP contribution < -0.4 is 5.73 Å². The van der Waals surface area contributed by atoms with Gasteiger partial charge < -0.3 is 15.4 Å². The molecular formula is C19H17Cl2N3O3. The number of carbonyl (C=O) groups excluding carboxylic acids is 2. The highest BCUT2D eigenvalue weighted by molar-refractivity contribution is 6.31. The molecule has 1 saturated heterocycles. The molecule has 3 rings (SSSR count). The lowest BCUT2D eigenvalue weighted by molar-refractivity contribution is -0.134. The van der Waals surface area contributed by atoms with Crippen LogP contribution in [0.2, 0.25) is 5.02 Å². The van der Waals surface area contributed by atoms with E-state index in [9.17, 15) is 9.59 Å². The van der Waals surface area contributed by atoms with Gasteiger partial charge in [0.2, 0.25) is 5.91 Å². The van der Waals surface area contributed by atoms with Gasteiger partial charge >= 0.3 is 0 Å². The largest absolute Gasteiger partial charge is 0.377 e. The van der Waals surface area contributed by atoms with E-state index in [0.29, 0.717) is 24.8 Å². The number of nitrogens with zero attached hydrogens (tertiary/aromatic N) is 2. The van der Waals surface area contributed by atoms with Crippen LogP contribution in [0.4, 0.5) is 0 Å². The quantitative estimate of drug-likeness (QED) is 0.791. The summed E-state index contributed by atoms with van der Waals surface area (Å²) in [5, 5.41) is 0.505. The Bertz CT molecular complexity index is 902. The monoisotopic (exact) mass is 405 g/mol. The Balaban J connectivity index is 2.00. The fourth-order valence-electron chi connectivity index (χ4n) is 3.01. The van der Waals surface area contributed by atoms with Crippen molar-refractivity contribution in [3.63, 3.8) is 0 Å². The first-order valence-corrected chi connectivity index (χ1v) is 9.03. The van der Waals surface area contributed by atoms with E-state index < -0.39 is 5.91 Å². The standard InChI is InChI=1S/C19H17Cl2N3O3/c20-3-1-18(25)24-5-6-27-11-17(24)14-7-13(8-15(21)9-14)12-2-4-23-16(10-12)19(22)26/h1-4,7-10,17H,5-6,11H2,(H2,22,26)/b3-1-/t17-/m0/s1. The smallest absolute Gasteiger partial charge is 0.267 e. The number of morpholine rings is 1. The highest BCUT2D eigenvalue weighted by Crippen LogP contribution is 2.32. The number of hydrogen-bond donors (Lipinski definition) is 1. The number of hydrogen-bond acceptors (Lipinski definition) is 4. The normalized spacial score (nSPS) is 17.3. The van der Waals surface area contributed by atoms with Crippen molar-refractivity contribution in [2.75, 3.05) is 19.8 Å². The predicted molar refractivity (Wildman–Crippen MR) is 103 cm³/mol. The summed E-state index contributed by atoms with van der Waals surface area (Å²) < 4.78 is 5.57. The number of benzene rings is 1. The Hall–Kier alpha value is -2.41. The van der Waals surface area contributed by atoms with Crippen molar-refractivity contribution in [1.82, 2.24) is 9.88 Å². The molecule has 8 heteroatoms. The number of rotatable bonds is 4. The van der Waals surface area contributed by atoms with Gasteiger partial charge in [-0.25, -0.2) is 0 Å². The second-order valence-corrected chi connectivity index (χ2v) is 6.67. The van der Waals surface area contributed by atoms with E-state index in [4.69, 9.17) is 33.7 Å². The number of aromatic nitrogens is 1. The molecule has 27 heavy (non-hydrogen) atoms. The van der Waals surface area contributed by atoms with Crippen LogP contribution in [0.3, 0.4) is 0 Å². The number of halogens is 2. The Morgan fingerprint density at radius 3 is 2.81 bits per heavy atom. The summed E-state index contributed by atoms with van der Waals surface area (Å²) in [6.07, 6.45) is 2.83. The first-order chi connectivity index (χ1) is 13.0. The van der Waals surface area contributed by atoms with Gasteiger partial charge in [0.1, 0.15) is 5.69 Å². The summed E-state index contributed by atoms with van der Waals surface area (Å²) in [7, 11) is 0. The molecular weight excluding hydrogens is 389 g/mol. The summed E-state index contributed by atoms with van der Waals surface area (Å²) in [6.45, 7) is 1.26. The number of carbonyl (C=O) groups is 2. The van der Waals surface area contributed by atoms with Crippen molar-refractivity contribution in [1.29, 1.82) is 0 Å². The van der Waals surface area contributed by atoms with Gasteiger partial charge in [-0.05, 0) is 47.0 Å². The molecule has 1 aliphatic heterocycles. The minimum absolute atomic E-state index is 0.166. The Labute approximate surface area is 166 Å². The van der Waals surface area contributed by atoms with Crippen LogP contribution in [0, 0.1) is 0 Å². The molecule has 0 unspecified atom stereocenters. The van der Waals surface area contributed by atoms with E-state index in [1.165, 1.54) is 17.8 Å². The van der Waals surface area contributed by atoms with Crippen molar-refractivity contribution in [3.8, 4) is 11.1 Å². The van der Waals surface area contributed by atoms with Crippen LogP contribution in [0.15, 0.2) is 48.1 Å². The lowest BCUT2D eigenvalue weighted by Gasteiger charge is -2.35. The molecule has 2 N–H and O–H groups in total. The molecule has 1 aromatic carbocycles. The van der Waals surface area contributed by atoms with Crippen molar-refractivity contribution < 1.29 is 14.3 Å². The number of nitrogens with two attached hydrogens (primary N) is 1. The maximum Gasteiger partial charge on any atom is 0.267 e. The third-order valence-electron chi connectivity index (χ3n) is 4.27. The molecule has 140 valence electrons. The van der Waals surface area contributed by atoms with E-state index in [2.05, 4.69) is 4.98 Å². The van der Waals surface area contributed by atoms with Gasteiger partial charge in [-0.1, -0.05) is 23.2 Å². The van der Waals surface area contributed by atoms with E-state index in [0.717, 1.165) is 16.7 Å². The summed E-state index contributed by atoms with van der Waals surface area (Å²) in [5.74, 6) is -0.802. The number of pyridine rings is 1. The maximum absolute atomic E-state index is 12.3. The summed E-state index contributed by atoms with van der Waals surface area (Å²) in [5.41, 5.74) is 9.03. The van der Waals surface area contributed by atoms with E-state index >= 15 is 0 Å². The molecule has 0 radical (unpaired) electrons. The molecule has 0 aliphatic carbocycles. The Morgan fingerprint density at radius 1 is 1.26 bits per heavy atom.